The highest BCUT2D eigenvalue weighted by Crippen LogP contribution is 2.32. The lowest BCUT2D eigenvalue weighted by Crippen LogP contribution is -2.34. The Hall–Kier alpha value is -3.22. The van der Waals surface area contributed by atoms with E-state index in [4.69, 9.17) is 9.26 Å². The quantitative estimate of drug-likeness (QED) is 0.670. The molecule has 1 aromatic heterocycles. The molecule has 6 nitrogen and oxygen atoms in total. The van der Waals surface area contributed by atoms with Crippen LogP contribution in [0, 0.1) is 12.7 Å². The number of likely N-dealkylation sites (tertiary alicyclic amines) is 1. The predicted molar refractivity (Wildman–Crippen MR) is 100 cm³/mol. The average Bonchev–Trinajstić information content (AvgIpc) is 3.36. The number of carbonyl (C=O) groups is 1. The van der Waals surface area contributed by atoms with E-state index in [0.29, 0.717) is 29.6 Å². The second kappa shape index (κ2) is 7.80. The summed E-state index contributed by atoms with van der Waals surface area (Å²) in [6, 6.07) is 13.2. The van der Waals surface area contributed by atoms with Gasteiger partial charge in [-0.15, -0.1) is 0 Å². The molecule has 7 heteroatoms. The molecule has 1 saturated heterocycles. The Balaban J connectivity index is 1.44. The smallest absolute Gasteiger partial charge is 0.261 e. The number of nitrogens with zero attached hydrogens (tertiary/aromatic N) is 3. The number of carbonyl (C=O) groups excluding carboxylic acids is 1. The van der Waals surface area contributed by atoms with Crippen LogP contribution in [0.25, 0.3) is 11.4 Å². The first kappa shape index (κ1) is 18.2. The van der Waals surface area contributed by atoms with Gasteiger partial charge >= 0.3 is 0 Å². The summed E-state index contributed by atoms with van der Waals surface area (Å²) in [4.78, 5) is 18.8. The third kappa shape index (κ3) is 3.88. The Bertz CT molecular complexity index is 971. The monoisotopic (exact) mass is 381 g/mol. The Morgan fingerprint density at radius 2 is 2.11 bits per heavy atom. The van der Waals surface area contributed by atoms with Crippen LogP contribution in [0.1, 0.15) is 30.3 Å². The molecular weight excluding hydrogens is 361 g/mol. The van der Waals surface area contributed by atoms with Gasteiger partial charge in [-0.25, -0.2) is 4.39 Å². The number of ether oxygens (including phenoxy) is 1. The van der Waals surface area contributed by atoms with E-state index in [1.807, 2.05) is 31.2 Å². The van der Waals surface area contributed by atoms with Gasteiger partial charge in [0.15, 0.2) is 6.61 Å². The first-order chi connectivity index (χ1) is 13.6. The van der Waals surface area contributed by atoms with Gasteiger partial charge in [-0.3, -0.25) is 4.79 Å². The van der Waals surface area contributed by atoms with Gasteiger partial charge in [-0.05, 0) is 61.7 Å². The van der Waals surface area contributed by atoms with Gasteiger partial charge < -0.3 is 14.2 Å². The topological polar surface area (TPSA) is 68.5 Å². The minimum Gasteiger partial charge on any atom is -0.484 e. The van der Waals surface area contributed by atoms with Crippen LogP contribution in [-0.4, -0.2) is 34.1 Å². The molecule has 0 radical (unpaired) electrons. The number of aryl methyl sites for hydroxylation is 1. The Morgan fingerprint density at radius 3 is 2.89 bits per heavy atom. The minimum atomic E-state index is -0.325. The molecular formula is C21H20FN3O3. The molecule has 144 valence electrons. The van der Waals surface area contributed by atoms with Gasteiger partial charge in [0.25, 0.3) is 5.91 Å². The molecule has 0 bridgehead atoms. The van der Waals surface area contributed by atoms with Gasteiger partial charge in [-0.2, -0.15) is 4.98 Å². The fourth-order valence-corrected chi connectivity index (χ4v) is 3.34. The summed E-state index contributed by atoms with van der Waals surface area (Å²) in [6.07, 6.45) is 1.61. The van der Waals surface area contributed by atoms with Crippen molar-refractivity contribution in [3.63, 3.8) is 0 Å². The maximum atomic E-state index is 13.1. The number of halogens is 1. The first-order valence-electron chi connectivity index (χ1n) is 9.18. The summed E-state index contributed by atoms with van der Waals surface area (Å²) >= 11 is 0. The van der Waals surface area contributed by atoms with E-state index >= 15 is 0 Å². The highest BCUT2D eigenvalue weighted by molar-refractivity contribution is 5.78. The SMILES string of the molecule is Cc1cccc(OCC(=O)N2CCC[C@H]2c2nc(-c3ccc(F)cc3)no2)c1. The molecule has 0 N–H and O–H groups in total. The van der Waals surface area contributed by atoms with E-state index < -0.39 is 0 Å². The van der Waals surface area contributed by atoms with E-state index in [-0.39, 0.29) is 24.4 Å². The summed E-state index contributed by atoms with van der Waals surface area (Å²) in [7, 11) is 0. The van der Waals surface area contributed by atoms with Gasteiger partial charge in [0.05, 0.1) is 0 Å². The molecule has 3 aromatic rings. The lowest BCUT2D eigenvalue weighted by Gasteiger charge is -2.21. The molecule has 1 atom stereocenters. The summed E-state index contributed by atoms with van der Waals surface area (Å²) in [5, 5.41) is 3.98. The number of hydrogen-bond donors (Lipinski definition) is 0. The van der Waals surface area contributed by atoms with Gasteiger partial charge in [0, 0.05) is 12.1 Å². The van der Waals surface area contributed by atoms with E-state index in [9.17, 15) is 9.18 Å². The highest BCUT2D eigenvalue weighted by atomic mass is 19.1. The number of aromatic nitrogens is 2. The molecule has 1 fully saturated rings. The molecule has 28 heavy (non-hydrogen) atoms. The summed E-state index contributed by atoms with van der Waals surface area (Å²) in [6.45, 7) is 2.55. The van der Waals surface area contributed by atoms with Gasteiger partial charge in [0.2, 0.25) is 11.7 Å². The number of hydrogen-bond acceptors (Lipinski definition) is 5. The first-order valence-corrected chi connectivity index (χ1v) is 9.18. The molecule has 0 saturated carbocycles. The molecule has 4 rings (SSSR count). The van der Waals surface area contributed by atoms with Crippen LogP contribution < -0.4 is 4.74 Å². The number of amides is 1. The predicted octanol–water partition coefficient (Wildman–Crippen LogP) is 3.93. The summed E-state index contributed by atoms with van der Waals surface area (Å²) in [5.74, 6) is 0.991. The zero-order chi connectivity index (χ0) is 19.5. The second-order valence-electron chi connectivity index (χ2n) is 6.81. The van der Waals surface area contributed by atoms with Crippen molar-refractivity contribution in [2.75, 3.05) is 13.2 Å². The van der Waals surface area contributed by atoms with Crippen LogP contribution >= 0.6 is 0 Å². The second-order valence-corrected chi connectivity index (χ2v) is 6.81. The Kier molecular flexibility index (Phi) is 5.06. The van der Waals surface area contributed by atoms with Gasteiger partial charge in [0.1, 0.15) is 17.6 Å². The zero-order valence-corrected chi connectivity index (χ0v) is 15.5. The van der Waals surface area contributed by atoms with Crippen molar-refractivity contribution in [1.29, 1.82) is 0 Å². The van der Waals surface area contributed by atoms with Crippen molar-refractivity contribution in [3.05, 3.63) is 65.8 Å². The van der Waals surface area contributed by atoms with Crippen LogP contribution in [0.5, 0.6) is 5.75 Å². The lowest BCUT2D eigenvalue weighted by molar-refractivity contribution is -0.134. The van der Waals surface area contributed by atoms with E-state index in [1.54, 1.807) is 17.0 Å². The molecule has 2 heterocycles. The number of benzene rings is 2. The summed E-state index contributed by atoms with van der Waals surface area (Å²) in [5.41, 5.74) is 1.73. The molecule has 0 unspecified atom stereocenters. The van der Waals surface area contributed by atoms with E-state index in [2.05, 4.69) is 10.1 Å². The van der Waals surface area contributed by atoms with Crippen molar-refractivity contribution in [1.82, 2.24) is 15.0 Å². The molecule has 1 aliphatic rings. The van der Waals surface area contributed by atoms with Crippen molar-refractivity contribution < 1.29 is 18.4 Å². The Labute approximate surface area is 161 Å². The maximum Gasteiger partial charge on any atom is 0.261 e. The highest BCUT2D eigenvalue weighted by Gasteiger charge is 2.34. The van der Waals surface area contributed by atoms with Crippen LogP contribution in [0.4, 0.5) is 4.39 Å². The van der Waals surface area contributed by atoms with E-state index in [1.165, 1.54) is 12.1 Å². The molecule has 1 amide bonds. The molecule has 1 aliphatic heterocycles. The third-order valence-electron chi connectivity index (χ3n) is 4.75. The van der Waals surface area contributed by atoms with Crippen molar-refractivity contribution in [2.24, 2.45) is 0 Å². The average molecular weight is 381 g/mol. The van der Waals surface area contributed by atoms with Crippen LogP contribution in [0.3, 0.4) is 0 Å². The normalized spacial score (nSPS) is 16.4. The van der Waals surface area contributed by atoms with E-state index in [0.717, 1.165) is 18.4 Å². The molecule has 2 aromatic carbocycles. The largest absolute Gasteiger partial charge is 0.484 e. The van der Waals surface area contributed by atoms with Crippen molar-refractivity contribution in [3.8, 4) is 17.1 Å². The fourth-order valence-electron chi connectivity index (χ4n) is 3.34. The fraction of sp³-hybridized carbons (Fsp3) is 0.286. The molecule has 0 spiro atoms. The number of rotatable bonds is 5. The van der Waals surface area contributed by atoms with Crippen molar-refractivity contribution in [2.45, 2.75) is 25.8 Å². The minimum absolute atomic E-state index is 0.0427. The zero-order valence-electron chi connectivity index (χ0n) is 15.5. The standard InChI is InChI=1S/C21H20FN3O3/c1-14-4-2-5-17(12-14)27-13-19(26)25-11-3-6-18(25)21-23-20(24-28-21)15-7-9-16(22)10-8-15/h2,4-5,7-10,12,18H,3,6,11,13H2,1H3/t18-/m0/s1. The maximum absolute atomic E-state index is 13.1. The lowest BCUT2D eigenvalue weighted by atomic mass is 10.2. The third-order valence-corrected chi connectivity index (χ3v) is 4.75. The van der Waals surface area contributed by atoms with Crippen LogP contribution in [0.15, 0.2) is 53.1 Å². The summed E-state index contributed by atoms with van der Waals surface area (Å²) < 4.78 is 24.1. The Morgan fingerprint density at radius 1 is 1.29 bits per heavy atom. The van der Waals surface area contributed by atoms with Gasteiger partial charge in [-0.1, -0.05) is 17.3 Å². The van der Waals surface area contributed by atoms with Crippen molar-refractivity contribution >= 4 is 5.91 Å². The van der Waals surface area contributed by atoms with Crippen LogP contribution in [0.2, 0.25) is 0 Å². The van der Waals surface area contributed by atoms with Crippen LogP contribution in [-0.2, 0) is 4.79 Å². The molecule has 0 aliphatic carbocycles.